The predicted molar refractivity (Wildman–Crippen MR) is 40.6 cm³/mol. The summed E-state index contributed by atoms with van der Waals surface area (Å²) in [6, 6.07) is 1.52. The van der Waals surface area contributed by atoms with E-state index in [0.29, 0.717) is 18.7 Å². The van der Waals surface area contributed by atoms with Gasteiger partial charge < -0.3 is 15.0 Å². The Hall–Kier alpha value is -1.36. The lowest BCUT2D eigenvalue weighted by Gasteiger charge is -1.90. The standard InChI is InChI=1S/C7H10N2O3/c1-11-3-2-5-4-6(7(8)10)12-9-5/h4H,2-3H2,1H3,(H2,8,10). The van der Waals surface area contributed by atoms with Gasteiger partial charge in [-0.3, -0.25) is 4.79 Å². The van der Waals surface area contributed by atoms with E-state index in [1.807, 2.05) is 0 Å². The highest BCUT2D eigenvalue weighted by Gasteiger charge is 2.07. The second-order valence-electron chi connectivity index (χ2n) is 2.29. The van der Waals surface area contributed by atoms with Crippen molar-refractivity contribution in [3.63, 3.8) is 0 Å². The van der Waals surface area contributed by atoms with Gasteiger partial charge in [-0.05, 0) is 0 Å². The molecular weight excluding hydrogens is 160 g/mol. The summed E-state index contributed by atoms with van der Waals surface area (Å²) >= 11 is 0. The van der Waals surface area contributed by atoms with Gasteiger partial charge in [-0.2, -0.15) is 0 Å². The first-order valence-electron chi connectivity index (χ1n) is 3.48. The van der Waals surface area contributed by atoms with Crippen LogP contribution >= 0.6 is 0 Å². The number of carbonyl (C=O) groups is 1. The zero-order chi connectivity index (χ0) is 8.97. The van der Waals surface area contributed by atoms with Crippen LogP contribution in [-0.2, 0) is 11.2 Å². The lowest BCUT2D eigenvalue weighted by atomic mass is 10.3. The Morgan fingerprint density at radius 1 is 1.83 bits per heavy atom. The van der Waals surface area contributed by atoms with Gasteiger partial charge in [-0.1, -0.05) is 5.16 Å². The van der Waals surface area contributed by atoms with E-state index in [4.69, 9.17) is 10.5 Å². The lowest BCUT2D eigenvalue weighted by Crippen LogP contribution is -2.09. The molecule has 2 N–H and O–H groups in total. The van der Waals surface area contributed by atoms with Crippen molar-refractivity contribution >= 4 is 5.91 Å². The number of methoxy groups -OCH3 is 1. The fraction of sp³-hybridized carbons (Fsp3) is 0.429. The number of primary amides is 1. The maximum Gasteiger partial charge on any atom is 0.287 e. The summed E-state index contributed by atoms with van der Waals surface area (Å²) in [5, 5.41) is 3.62. The Kier molecular flexibility index (Phi) is 2.82. The molecule has 5 nitrogen and oxygen atoms in total. The van der Waals surface area contributed by atoms with Crippen LogP contribution in [0.2, 0.25) is 0 Å². The summed E-state index contributed by atoms with van der Waals surface area (Å²) in [6.07, 6.45) is 0.618. The molecule has 0 atom stereocenters. The van der Waals surface area contributed by atoms with E-state index in [2.05, 4.69) is 9.68 Å². The van der Waals surface area contributed by atoms with Crippen LogP contribution in [-0.4, -0.2) is 24.8 Å². The van der Waals surface area contributed by atoms with Crippen molar-refractivity contribution in [1.82, 2.24) is 5.16 Å². The molecule has 1 rings (SSSR count). The topological polar surface area (TPSA) is 78.4 Å². The highest BCUT2D eigenvalue weighted by Crippen LogP contribution is 2.02. The third-order valence-corrected chi connectivity index (χ3v) is 1.36. The molecule has 0 radical (unpaired) electrons. The number of amides is 1. The van der Waals surface area contributed by atoms with E-state index >= 15 is 0 Å². The van der Waals surface area contributed by atoms with Crippen molar-refractivity contribution in [1.29, 1.82) is 0 Å². The Labute approximate surface area is 69.5 Å². The molecule has 1 aromatic heterocycles. The van der Waals surface area contributed by atoms with E-state index in [-0.39, 0.29) is 5.76 Å². The minimum Gasteiger partial charge on any atom is -0.384 e. The number of hydrogen-bond acceptors (Lipinski definition) is 4. The first kappa shape index (κ1) is 8.73. The zero-order valence-corrected chi connectivity index (χ0v) is 6.74. The van der Waals surface area contributed by atoms with Gasteiger partial charge in [0.15, 0.2) is 0 Å². The smallest absolute Gasteiger partial charge is 0.287 e. The molecule has 0 spiro atoms. The number of ether oxygens (including phenoxy) is 1. The molecule has 66 valence electrons. The Balaban J connectivity index is 2.58. The molecule has 1 amide bonds. The molecule has 0 aliphatic heterocycles. The van der Waals surface area contributed by atoms with Crippen molar-refractivity contribution in [3.8, 4) is 0 Å². The van der Waals surface area contributed by atoms with Crippen LogP contribution in [0.5, 0.6) is 0 Å². The predicted octanol–water partition coefficient (Wildman–Crippen LogP) is -0.0376. The second kappa shape index (κ2) is 3.87. The number of aromatic nitrogens is 1. The average Bonchev–Trinajstić information content (AvgIpc) is 2.48. The molecule has 0 saturated carbocycles. The molecule has 0 saturated heterocycles. The number of nitrogens with two attached hydrogens (primary N) is 1. The molecule has 0 bridgehead atoms. The van der Waals surface area contributed by atoms with Crippen LogP contribution in [0, 0.1) is 0 Å². The third-order valence-electron chi connectivity index (χ3n) is 1.36. The van der Waals surface area contributed by atoms with Crippen LogP contribution in [0.15, 0.2) is 10.6 Å². The summed E-state index contributed by atoms with van der Waals surface area (Å²) < 4.78 is 9.46. The normalized spacial score (nSPS) is 10.1. The lowest BCUT2D eigenvalue weighted by molar-refractivity contribution is 0.0965. The molecule has 0 unspecified atom stereocenters. The van der Waals surface area contributed by atoms with Crippen LogP contribution in [0.1, 0.15) is 16.2 Å². The van der Waals surface area contributed by atoms with Crippen molar-refractivity contribution in [2.45, 2.75) is 6.42 Å². The van der Waals surface area contributed by atoms with Crippen LogP contribution in [0.25, 0.3) is 0 Å². The van der Waals surface area contributed by atoms with Gasteiger partial charge in [0.25, 0.3) is 5.91 Å². The molecule has 0 aliphatic carbocycles. The molecular formula is C7H10N2O3. The SMILES string of the molecule is COCCc1cc(C(N)=O)on1. The van der Waals surface area contributed by atoms with E-state index in [1.54, 1.807) is 7.11 Å². The largest absolute Gasteiger partial charge is 0.384 e. The van der Waals surface area contributed by atoms with Crippen molar-refractivity contribution < 1.29 is 14.1 Å². The van der Waals surface area contributed by atoms with Crippen molar-refractivity contribution in [2.75, 3.05) is 13.7 Å². The Bertz CT molecular complexity index is 269. The zero-order valence-electron chi connectivity index (χ0n) is 6.74. The van der Waals surface area contributed by atoms with Gasteiger partial charge in [-0.15, -0.1) is 0 Å². The first-order chi connectivity index (χ1) is 5.74. The van der Waals surface area contributed by atoms with Gasteiger partial charge in [-0.25, -0.2) is 0 Å². The minimum atomic E-state index is -0.605. The molecule has 0 aliphatic rings. The summed E-state index contributed by atoms with van der Waals surface area (Å²) in [5.74, 6) is -0.521. The van der Waals surface area contributed by atoms with Crippen LogP contribution in [0.3, 0.4) is 0 Å². The number of rotatable bonds is 4. The van der Waals surface area contributed by atoms with Gasteiger partial charge in [0.1, 0.15) is 0 Å². The average molecular weight is 170 g/mol. The third kappa shape index (κ3) is 2.06. The molecule has 5 heteroatoms. The summed E-state index contributed by atoms with van der Waals surface area (Å²) in [4.78, 5) is 10.5. The highest BCUT2D eigenvalue weighted by molar-refractivity contribution is 5.89. The van der Waals surface area contributed by atoms with Crippen molar-refractivity contribution in [2.24, 2.45) is 5.73 Å². The number of nitrogens with zero attached hydrogens (tertiary/aromatic N) is 1. The Morgan fingerprint density at radius 3 is 3.08 bits per heavy atom. The summed E-state index contributed by atoms with van der Waals surface area (Å²) in [7, 11) is 1.59. The van der Waals surface area contributed by atoms with Gasteiger partial charge >= 0.3 is 0 Å². The molecule has 1 heterocycles. The molecule has 0 fully saturated rings. The fourth-order valence-corrected chi connectivity index (χ4v) is 0.752. The molecule has 12 heavy (non-hydrogen) atoms. The van der Waals surface area contributed by atoms with Crippen LogP contribution in [0.4, 0.5) is 0 Å². The highest BCUT2D eigenvalue weighted by atomic mass is 16.5. The van der Waals surface area contributed by atoms with Gasteiger partial charge in [0.05, 0.1) is 12.3 Å². The van der Waals surface area contributed by atoms with Crippen LogP contribution < -0.4 is 5.73 Å². The molecule has 1 aromatic rings. The van der Waals surface area contributed by atoms with E-state index < -0.39 is 5.91 Å². The second-order valence-corrected chi connectivity index (χ2v) is 2.29. The number of hydrogen-bond donors (Lipinski definition) is 1. The maximum absolute atomic E-state index is 10.5. The first-order valence-corrected chi connectivity index (χ1v) is 3.48. The minimum absolute atomic E-state index is 0.0844. The van der Waals surface area contributed by atoms with E-state index in [1.165, 1.54) is 6.07 Å². The fourth-order valence-electron chi connectivity index (χ4n) is 0.752. The Morgan fingerprint density at radius 2 is 2.58 bits per heavy atom. The number of carbonyl (C=O) groups excluding carboxylic acids is 1. The summed E-state index contributed by atoms with van der Waals surface area (Å²) in [6.45, 7) is 0.546. The monoisotopic (exact) mass is 170 g/mol. The summed E-state index contributed by atoms with van der Waals surface area (Å²) in [5.41, 5.74) is 5.62. The molecule has 0 aromatic carbocycles. The quantitative estimate of drug-likeness (QED) is 0.687. The van der Waals surface area contributed by atoms with E-state index in [9.17, 15) is 4.79 Å². The van der Waals surface area contributed by atoms with E-state index in [0.717, 1.165) is 0 Å². The van der Waals surface area contributed by atoms with Gasteiger partial charge in [0, 0.05) is 19.6 Å². The maximum atomic E-state index is 10.5. The van der Waals surface area contributed by atoms with Crippen molar-refractivity contribution in [3.05, 3.63) is 17.5 Å². The van der Waals surface area contributed by atoms with Gasteiger partial charge in [0.2, 0.25) is 5.76 Å².